The molecule has 6 heteroatoms. The third kappa shape index (κ3) is 2.31. The second-order valence-corrected chi connectivity index (χ2v) is 6.79. The summed E-state index contributed by atoms with van der Waals surface area (Å²) >= 11 is 7.97. The van der Waals surface area contributed by atoms with Gasteiger partial charge in [0.05, 0.1) is 16.9 Å². The third-order valence-electron chi connectivity index (χ3n) is 3.20. The summed E-state index contributed by atoms with van der Waals surface area (Å²) in [6.45, 7) is 6.70. The number of fused-ring (bicyclic) bond motifs is 1. The molecular weight excluding hydrogens is 292 g/mol. The van der Waals surface area contributed by atoms with Crippen LogP contribution in [0.15, 0.2) is 18.5 Å². The van der Waals surface area contributed by atoms with Gasteiger partial charge in [-0.2, -0.15) is 0 Å². The lowest BCUT2D eigenvalue weighted by Crippen LogP contribution is -2.05. The standard InChI is InChI=1S/C14H15ClN4S/c1-8-4-5-16-14-12(8)18-13(9(2)15)19(14)7-11-6-17-10(3)20-11/h4-6,9H,7H2,1-3H3. The van der Waals surface area contributed by atoms with Crippen LogP contribution in [0.1, 0.15) is 33.6 Å². The molecule has 0 radical (unpaired) electrons. The lowest BCUT2D eigenvalue weighted by atomic mass is 10.3. The number of hydrogen-bond acceptors (Lipinski definition) is 4. The maximum Gasteiger partial charge on any atom is 0.160 e. The Hall–Kier alpha value is -1.46. The average Bonchev–Trinajstić information content (AvgIpc) is 2.96. The molecule has 1 unspecified atom stereocenters. The van der Waals surface area contributed by atoms with Crippen LogP contribution in [-0.4, -0.2) is 19.5 Å². The molecule has 0 saturated heterocycles. The van der Waals surface area contributed by atoms with Crippen molar-refractivity contribution in [2.24, 2.45) is 0 Å². The molecule has 1 atom stereocenters. The molecule has 3 aromatic heterocycles. The van der Waals surface area contributed by atoms with Crippen LogP contribution in [0.3, 0.4) is 0 Å². The zero-order valence-corrected chi connectivity index (χ0v) is 13.2. The van der Waals surface area contributed by atoms with Crippen molar-refractivity contribution in [3.63, 3.8) is 0 Å². The van der Waals surface area contributed by atoms with Crippen LogP contribution in [-0.2, 0) is 6.54 Å². The summed E-state index contributed by atoms with van der Waals surface area (Å²) < 4.78 is 2.09. The fraction of sp³-hybridized carbons (Fsp3) is 0.357. The molecule has 3 aromatic rings. The van der Waals surface area contributed by atoms with Crippen LogP contribution in [0, 0.1) is 13.8 Å². The van der Waals surface area contributed by atoms with Gasteiger partial charge in [0.2, 0.25) is 0 Å². The van der Waals surface area contributed by atoms with Gasteiger partial charge in [0.1, 0.15) is 11.3 Å². The highest BCUT2D eigenvalue weighted by molar-refractivity contribution is 7.11. The predicted molar refractivity (Wildman–Crippen MR) is 82.5 cm³/mol. The van der Waals surface area contributed by atoms with E-state index in [0.29, 0.717) is 6.54 Å². The van der Waals surface area contributed by atoms with Gasteiger partial charge < -0.3 is 4.57 Å². The van der Waals surface area contributed by atoms with Gasteiger partial charge in [0, 0.05) is 17.3 Å². The molecule has 0 aliphatic carbocycles. The van der Waals surface area contributed by atoms with Crippen LogP contribution in [0.25, 0.3) is 11.2 Å². The lowest BCUT2D eigenvalue weighted by molar-refractivity contribution is 0.743. The molecular formula is C14H15ClN4S. The number of thiazole rings is 1. The van der Waals surface area contributed by atoms with Crippen LogP contribution >= 0.6 is 22.9 Å². The smallest absolute Gasteiger partial charge is 0.160 e. The zero-order chi connectivity index (χ0) is 14.3. The van der Waals surface area contributed by atoms with Crippen molar-refractivity contribution in [2.75, 3.05) is 0 Å². The molecule has 0 aliphatic rings. The first-order valence-corrected chi connectivity index (χ1v) is 7.68. The summed E-state index contributed by atoms with van der Waals surface area (Å²) in [7, 11) is 0. The summed E-state index contributed by atoms with van der Waals surface area (Å²) in [4.78, 5) is 14.6. The number of pyridine rings is 1. The minimum absolute atomic E-state index is 0.155. The number of halogens is 1. The van der Waals surface area contributed by atoms with Gasteiger partial charge in [-0.15, -0.1) is 22.9 Å². The summed E-state index contributed by atoms with van der Waals surface area (Å²) in [6.07, 6.45) is 3.72. The topological polar surface area (TPSA) is 43.6 Å². The first-order valence-electron chi connectivity index (χ1n) is 6.43. The maximum absolute atomic E-state index is 6.28. The Labute approximate surface area is 126 Å². The van der Waals surface area contributed by atoms with Gasteiger partial charge in [-0.05, 0) is 32.4 Å². The van der Waals surface area contributed by atoms with E-state index in [-0.39, 0.29) is 5.38 Å². The molecule has 0 aromatic carbocycles. The van der Waals surface area contributed by atoms with E-state index in [1.807, 2.05) is 39.2 Å². The molecule has 0 amide bonds. The molecule has 0 N–H and O–H groups in total. The Balaban J connectivity index is 2.16. The molecule has 3 heterocycles. The summed E-state index contributed by atoms with van der Waals surface area (Å²) in [6, 6.07) is 1.97. The molecule has 3 rings (SSSR count). The summed E-state index contributed by atoms with van der Waals surface area (Å²) in [5, 5.41) is 0.909. The summed E-state index contributed by atoms with van der Waals surface area (Å²) in [5.74, 6) is 0.856. The van der Waals surface area contributed by atoms with Gasteiger partial charge in [0.25, 0.3) is 0 Å². The summed E-state index contributed by atoms with van der Waals surface area (Å²) in [5.41, 5.74) is 2.93. The van der Waals surface area contributed by atoms with Crippen molar-refractivity contribution in [1.82, 2.24) is 19.5 Å². The van der Waals surface area contributed by atoms with Crippen molar-refractivity contribution in [3.05, 3.63) is 39.7 Å². The van der Waals surface area contributed by atoms with Gasteiger partial charge in [-0.1, -0.05) is 0 Å². The monoisotopic (exact) mass is 306 g/mol. The first-order chi connectivity index (χ1) is 9.56. The van der Waals surface area contributed by atoms with E-state index in [4.69, 9.17) is 11.6 Å². The van der Waals surface area contributed by atoms with Crippen molar-refractivity contribution in [2.45, 2.75) is 32.7 Å². The molecule has 0 fully saturated rings. The van der Waals surface area contributed by atoms with Crippen molar-refractivity contribution < 1.29 is 0 Å². The second-order valence-electron chi connectivity index (χ2n) is 4.82. The van der Waals surface area contributed by atoms with E-state index in [2.05, 4.69) is 19.5 Å². The van der Waals surface area contributed by atoms with E-state index in [0.717, 1.165) is 27.6 Å². The van der Waals surface area contributed by atoms with E-state index < -0.39 is 0 Å². The number of nitrogens with zero attached hydrogens (tertiary/aromatic N) is 4. The fourth-order valence-corrected chi connectivity index (χ4v) is 3.20. The molecule has 4 nitrogen and oxygen atoms in total. The molecule has 104 valence electrons. The number of hydrogen-bond donors (Lipinski definition) is 0. The van der Waals surface area contributed by atoms with Crippen LogP contribution in [0.4, 0.5) is 0 Å². The van der Waals surface area contributed by atoms with Crippen molar-refractivity contribution in [1.29, 1.82) is 0 Å². The Kier molecular flexibility index (Phi) is 3.48. The highest BCUT2D eigenvalue weighted by Crippen LogP contribution is 2.26. The van der Waals surface area contributed by atoms with E-state index in [9.17, 15) is 0 Å². The predicted octanol–water partition coefficient (Wildman–Crippen LogP) is 3.85. The number of alkyl halides is 1. The number of aromatic nitrogens is 4. The van der Waals surface area contributed by atoms with Gasteiger partial charge in [0.15, 0.2) is 5.65 Å². The van der Waals surface area contributed by atoms with Gasteiger partial charge >= 0.3 is 0 Å². The van der Waals surface area contributed by atoms with E-state index >= 15 is 0 Å². The molecule has 0 aliphatic heterocycles. The van der Waals surface area contributed by atoms with Crippen LogP contribution in [0.5, 0.6) is 0 Å². The van der Waals surface area contributed by atoms with E-state index in [1.54, 1.807) is 11.3 Å². The molecule has 0 saturated carbocycles. The number of aryl methyl sites for hydroxylation is 2. The van der Waals surface area contributed by atoms with Crippen LogP contribution < -0.4 is 0 Å². The molecule has 0 bridgehead atoms. The van der Waals surface area contributed by atoms with Gasteiger partial charge in [-0.3, -0.25) is 0 Å². The van der Waals surface area contributed by atoms with Crippen molar-refractivity contribution in [3.8, 4) is 0 Å². The second kappa shape index (κ2) is 5.14. The highest BCUT2D eigenvalue weighted by Gasteiger charge is 2.17. The fourth-order valence-electron chi connectivity index (χ4n) is 2.25. The first kappa shape index (κ1) is 13.5. The lowest BCUT2D eigenvalue weighted by Gasteiger charge is -2.08. The van der Waals surface area contributed by atoms with Crippen molar-refractivity contribution >= 4 is 34.1 Å². The minimum Gasteiger partial charge on any atom is -0.306 e. The average molecular weight is 307 g/mol. The Morgan fingerprint density at radius 2 is 2.15 bits per heavy atom. The maximum atomic E-state index is 6.28. The zero-order valence-electron chi connectivity index (χ0n) is 11.6. The SMILES string of the molecule is Cc1ncc(Cn2c(C(C)Cl)nc3c(C)ccnc32)s1. The Morgan fingerprint density at radius 3 is 2.80 bits per heavy atom. The third-order valence-corrected chi connectivity index (χ3v) is 4.30. The Bertz CT molecular complexity index is 760. The molecule has 0 spiro atoms. The minimum atomic E-state index is -0.155. The number of rotatable bonds is 3. The Morgan fingerprint density at radius 1 is 1.35 bits per heavy atom. The quantitative estimate of drug-likeness (QED) is 0.690. The van der Waals surface area contributed by atoms with E-state index in [1.165, 1.54) is 4.88 Å². The highest BCUT2D eigenvalue weighted by atomic mass is 35.5. The largest absolute Gasteiger partial charge is 0.306 e. The molecule has 20 heavy (non-hydrogen) atoms. The number of imidazole rings is 1. The van der Waals surface area contributed by atoms with Gasteiger partial charge in [-0.25, -0.2) is 15.0 Å². The van der Waals surface area contributed by atoms with Crippen LogP contribution in [0.2, 0.25) is 0 Å². The normalized spacial score (nSPS) is 13.0.